The van der Waals surface area contributed by atoms with Gasteiger partial charge in [-0.2, -0.15) is 5.10 Å². The molecule has 2 aromatic heterocycles. The molecule has 1 aliphatic carbocycles. The topological polar surface area (TPSA) is 163 Å². The average molecular weight is 631 g/mol. The van der Waals surface area contributed by atoms with Crippen LogP contribution in [0.15, 0.2) is 42.7 Å². The Kier molecular flexibility index (Phi) is 8.77. The third-order valence-electron chi connectivity index (χ3n) is 10.0. The predicted molar refractivity (Wildman–Crippen MR) is 174 cm³/mol. The van der Waals surface area contributed by atoms with Gasteiger partial charge in [0.25, 0.3) is 0 Å². The number of hydrogen-bond acceptors (Lipinski definition) is 9. The minimum absolute atomic E-state index is 0.0396. The maximum Gasteiger partial charge on any atom is 0.246 e. The summed E-state index contributed by atoms with van der Waals surface area (Å²) in [6.45, 7) is 10.0. The summed E-state index contributed by atoms with van der Waals surface area (Å²) in [7, 11) is 0. The second-order valence-electron chi connectivity index (χ2n) is 14.4. The summed E-state index contributed by atoms with van der Waals surface area (Å²) in [5.74, 6) is 0.179. The van der Waals surface area contributed by atoms with Gasteiger partial charge in [-0.1, -0.05) is 32.9 Å². The Hall–Kier alpha value is -4.03. The van der Waals surface area contributed by atoms with Gasteiger partial charge in [-0.25, -0.2) is 0 Å². The van der Waals surface area contributed by atoms with Crippen molar-refractivity contribution in [1.29, 1.82) is 0 Å². The molecule has 2 saturated heterocycles. The number of β-amino-alcohol motifs (C(OH)–C–C–N with tert-alkyl or cyclic N) is 1. The van der Waals surface area contributed by atoms with Gasteiger partial charge in [0.1, 0.15) is 11.8 Å². The molecule has 0 spiro atoms. The van der Waals surface area contributed by atoms with Gasteiger partial charge in [-0.3, -0.25) is 14.3 Å². The highest BCUT2D eigenvalue weighted by atomic mass is 16.3. The summed E-state index contributed by atoms with van der Waals surface area (Å²) in [6, 6.07) is 8.78. The second-order valence-corrected chi connectivity index (χ2v) is 14.4. The number of hydrogen-bond donors (Lipinski definition) is 4. The molecular formula is C34H46N8O4. The monoisotopic (exact) mass is 630 g/mol. The Morgan fingerprint density at radius 2 is 1.76 bits per heavy atom. The standard InChI is InChI=1S/C34H46N8O4/c1-20-13-25(43)19-41(20)33(46)30(34(2,3)4)37-32(45)21-14-24(15-21)40-11-9-23(10-12-40)42-18-22(17-36-42)27-16-28(38-39-31(27)35)26-7-5-6-8-29(26)44/h5-8,16-18,20-21,23-25,30,43-44H,9-15,19H2,1-4H3,(H2,35,39)(H,37,45)/t20-,21-,24+,25-,30-/m1/s1. The van der Waals surface area contributed by atoms with E-state index < -0.39 is 17.6 Å². The number of aliphatic hydroxyl groups is 1. The normalized spacial score (nSPS) is 24.8. The molecule has 0 unspecified atom stereocenters. The van der Waals surface area contributed by atoms with Gasteiger partial charge in [0.2, 0.25) is 11.8 Å². The molecule has 3 aliphatic rings. The summed E-state index contributed by atoms with van der Waals surface area (Å²) in [6.07, 6.45) is 7.33. The first-order chi connectivity index (χ1) is 21.9. The molecule has 3 atom stereocenters. The van der Waals surface area contributed by atoms with Crippen LogP contribution in [0.1, 0.15) is 65.8 Å². The van der Waals surface area contributed by atoms with E-state index in [4.69, 9.17) is 5.73 Å². The van der Waals surface area contributed by atoms with Crippen LogP contribution in [-0.4, -0.2) is 95.7 Å². The van der Waals surface area contributed by atoms with E-state index in [0.717, 1.165) is 49.9 Å². The van der Waals surface area contributed by atoms with E-state index >= 15 is 0 Å². The van der Waals surface area contributed by atoms with Crippen LogP contribution in [0.4, 0.5) is 5.82 Å². The molecule has 1 saturated carbocycles. The van der Waals surface area contributed by atoms with Crippen LogP contribution in [0.3, 0.4) is 0 Å². The first-order valence-electron chi connectivity index (χ1n) is 16.4. The molecule has 0 bridgehead atoms. The third kappa shape index (κ3) is 6.46. The maximum absolute atomic E-state index is 13.4. The molecule has 2 amide bonds. The van der Waals surface area contributed by atoms with Crippen LogP contribution in [0, 0.1) is 11.3 Å². The van der Waals surface area contributed by atoms with Gasteiger partial charge < -0.3 is 31.1 Å². The van der Waals surface area contributed by atoms with Crippen LogP contribution < -0.4 is 11.1 Å². The number of nitrogens with one attached hydrogen (secondary N) is 1. The molecule has 0 radical (unpaired) electrons. The lowest BCUT2D eigenvalue weighted by molar-refractivity contribution is -0.142. The van der Waals surface area contributed by atoms with E-state index in [-0.39, 0.29) is 35.6 Å². The fourth-order valence-electron chi connectivity index (χ4n) is 7.13. The summed E-state index contributed by atoms with van der Waals surface area (Å²) < 4.78 is 2.01. The molecule has 3 fully saturated rings. The number of amides is 2. The number of carbonyl (C=O) groups excluding carboxylic acids is 2. The summed E-state index contributed by atoms with van der Waals surface area (Å²) in [4.78, 5) is 30.9. The quantitative estimate of drug-likeness (QED) is 0.307. The zero-order valence-corrected chi connectivity index (χ0v) is 27.1. The number of piperidine rings is 1. The Bertz CT molecular complexity index is 1570. The predicted octanol–water partition coefficient (Wildman–Crippen LogP) is 3.22. The van der Waals surface area contributed by atoms with Crippen molar-refractivity contribution < 1.29 is 19.8 Å². The number of aromatic hydroxyl groups is 1. The SMILES string of the molecule is C[C@@H]1C[C@@H](O)CN1C(=O)[C@@H](NC(=O)[C@H]1C[C@@H](N2CCC(n3cc(-c4cc(-c5ccccc5O)nnc4N)cn3)CC2)C1)C(C)(C)C. The average Bonchev–Trinajstić information content (AvgIpc) is 3.61. The minimum Gasteiger partial charge on any atom is -0.507 e. The third-order valence-corrected chi connectivity index (χ3v) is 10.0. The number of anilines is 1. The Morgan fingerprint density at radius 3 is 2.41 bits per heavy atom. The number of aliphatic hydroxyl groups excluding tert-OH is 1. The number of likely N-dealkylation sites (tertiary alicyclic amines) is 2. The number of nitrogens with two attached hydrogens (primary N) is 1. The van der Waals surface area contributed by atoms with E-state index in [9.17, 15) is 19.8 Å². The number of nitrogens with zero attached hydrogens (tertiary/aromatic N) is 6. The zero-order chi connectivity index (χ0) is 32.7. The van der Waals surface area contributed by atoms with Crippen LogP contribution in [0.25, 0.3) is 22.4 Å². The lowest BCUT2D eigenvalue weighted by atomic mass is 9.77. The van der Waals surface area contributed by atoms with E-state index in [2.05, 4.69) is 25.5 Å². The van der Waals surface area contributed by atoms with Crippen molar-refractivity contribution in [3.63, 3.8) is 0 Å². The molecule has 12 heteroatoms. The number of benzene rings is 1. The van der Waals surface area contributed by atoms with Crippen LogP contribution in [0.2, 0.25) is 0 Å². The summed E-state index contributed by atoms with van der Waals surface area (Å²) >= 11 is 0. The summed E-state index contributed by atoms with van der Waals surface area (Å²) in [5, 5.41) is 36.4. The Labute approximate surface area is 270 Å². The van der Waals surface area contributed by atoms with Crippen LogP contribution in [-0.2, 0) is 9.59 Å². The van der Waals surface area contributed by atoms with Gasteiger partial charge in [0, 0.05) is 60.5 Å². The van der Waals surface area contributed by atoms with Crippen LogP contribution >= 0.6 is 0 Å². The largest absolute Gasteiger partial charge is 0.507 e. The van der Waals surface area contributed by atoms with Gasteiger partial charge in [-0.15, -0.1) is 10.2 Å². The smallest absolute Gasteiger partial charge is 0.246 e. The van der Waals surface area contributed by atoms with Crippen molar-refractivity contribution in [2.75, 3.05) is 25.4 Å². The molecule has 1 aromatic carbocycles. The van der Waals surface area contributed by atoms with Crippen molar-refractivity contribution in [3.8, 4) is 28.1 Å². The number of nitrogen functional groups attached to an aromatic ring is 1. The molecule has 4 heterocycles. The number of phenolic OH excluding ortho intramolecular Hbond substituents is 1. The highest BCUT2D eigenvalue weighted by Crippen LogP contribution is 2.37. The van der Waals surface area contributed by atoms with E-state index in [1.54, 1.807) is 29.3 Å². The highest BCUT2D eigenvalue weighted by Gasteiger charge is 2.44. The Balaban J connectivity index is 1.02. The first-order valence-corrected chi connectivity index (χ1v) is 16.4. The number of phenols is 1. The number of carbonyl (C=O) groups is 2. The number of para-hydroxylation sites is 1. The van der Waals surface area contributed by atoms with E-state index in [1.165, 1.54) is 0 Å². The van der Waals surface area contributed by atoms with Gasteiger partial charge in [-0.05, 0) is 62.6 Å². The van der Waals surface area contributed by atoms with Crippen molar-refractivity contribution in [2.45, 2.75) is 90.1 Å². The fraction of sp³-hybridized carbons (Fsp3) is 0.559. The van der Waals surface area contributed by atoms with Crippen molar-refractivity contribution in [1.82, 2.24) is 35.1 Å². The van der Waals surface area contributed by atoms with Gasteiger partial charge in [0.15, 0.2) is 5.82 Å². The maximum atomic E-state index is 13.4. The lowest BCUT2D eigenvalue weighted by Crippen LogP contribution is -2.59. The molecule has 3 aromatic rings. The van der Waals surface area contributed by atoms with E-state index in [0.29, 0.717) is 36.1 Å². The second kappa shape index (κ2) is 12.6. The van der Waals surface area contributed by atoms with Crippen LogP contribution in [0.5, 0.6) is 5.75 Å². The number of aromatic nitrogens is 4. The lowest BCUT2D eigenvalue weighted by Gasteiger charge is -2.45. The molecule has 46 heavy (non-hydrogen) atoms. The highest BCUT2D eigenvalue weighted by molar-refractivity contribution is 5.90. The molecule has 2 aliphatic heterocycles. The molecule has 12 nitrogen and oxygen atoms in total. The molecule has 246 valence electrons. The van der Waals surface area contributed by atoms with Crippen molar-refractivity contribution in [3.05, 3.63) is 42.7 Å². The number of rotatable bonds is 7. The molecule has 5 N–H and O–H groups in total. The Morgan fingerprint density at radius 1 is 1.04 bits per heavy atom. The molecular weight excluding hydrogens is 584 g/mol. The first kappa shape index (κ1) is 31.9. The van der Waals surface area contributed by atoms with Gasteiger partial charge in [0.05, 0.1) is 24.0 Å². The van der Waals surface area contributed by atoms with Crippen molar-refractivity contribution in [2.24, 2.45) is 11.3 Å². The van der Waals surface area contributed by atoms with Crippen molar-refractivity contribution >= 4 is 17.6 Å². The van der Waals surface area contributed by atoms with E-state index in [1.807, 2.05) is 50.7 Å². The fourth-order valence-corrected chi connectivity index (χ4v) is 7.13. The zero-order valence-electron chi connectivity index (χ0n) is 27.1. The molecule has 6 rings (SSSR count). The summed E-state index contributed by atoms with van der Waals surface area (Å²) in [5.41, 5.74) is 8.45. The van der Waals surface area contributed by atoms with Gasteiger partial charge >= 0.3 is 0 Å². The minimum atomic E-state index is -0.628.